The van der Waals surface area contributed by atoms with E-state index in [0.717, 1.165) is 27.4 Å². The van der Waals surface area contributed by atoms with Crippen molar-refractivity contribution < 1.29 is 33.4 Å². The average molecular weight is 598 g/mol. The molecule has 0 bridgehead atoms. The van der Waals surface area contributed by atoms with Crippen LogP contribution in [0.1, 0.15) is 5.56 Å². The Kier molecular flexibility index (Phi) is 8.92. The van der Waals surface area contributed by atoms with Crippen molar-refractivity contribution in [1.29, 1.82) is 0 Å². The quantitative estimate of drug-likeness (QED) is 0.228. The van der Waals surface area contributed by atoms with Crippen LogP contribution in [0.4, 0.5) is 16.2 Å². The first-order valence-electron chi connectivity index (χ1n) is 13.1. The Bertz CT molecular complexity index is 1750. The normalized spacial score (nSPS) is 13.7. The van der Waals surface area contributed by atoms with Gasteiger partial charge in [0.1, 0.15) is 12.3 Å². The molecule has 0 radical (unpaired) electrons. The number of ether oxygens (including phenoxy) is 3. The molecule has 0 saturated carbocycles. The predicted octanol–water partition coefficient (Wildman–Crippen LogP) is 5.55. The largest absolute Gasteiger partial charge is 0.495 e. The maximum Gasteiger partial charge on any atom is 0.294 e. The summed E-state index contributed by atoms with van der Waals surface area (Å²) in [5.74, 6) is -0.296. The van der Waals surface area contributed by atoms with Crippen LogP contribution in [-0.4, -0.2) is 55.2 Å². The molecule has 1 saturated heterocycles. The first kappa shape index (κ1) is 29.2. The van der Waals surface area contributed by atoms with Gasteiger partial charge in [-0.25, -0.2) is 0 Å². The van der Waals surface area contributed by atoms with E-state index in [1.807, 2.05) is 36.4 Å². The van der Waals surface area contributed by atoms with Gasteiger partial charge in [-0.2, -0.15) is 0 Å². The van der Waals surface area contributed by atoms with Crippen LogP contribution in [0.25, 0.3) is 16.8 Å². The number of para-hydroxylation sites is 2. The third kappa shape index (κ3) is 6.79. The lowest BCUT2D eigenvalue weighted by molar-refractivity contribution is -0.127. The summed E-state index contributed by atoms with van der Waals surface area (Å²) >= 11 is 0.746. The number of hydrogen-bond acceptors (Lipinski definition) is 8. The van der Waals surface area contributed by atoms with Gasteiger partial charge in [0.05, 0.1) is 24.8 Å². The van der Waals surface area contributed by atoms with Crippen LogP contribution in [0.15, 0.2) is 89.8 Å². The van der Waals surface area contributed by atoms with Crippen LogP contribution in [-0.2, 0) is 14.4 Å². The SMILES string of the molecule is COc1ccccc1NC(=O)COc1ccc(/C=C2\SC(=O)N(CC(=O)Nc3cccc4ccccc34)C2=O)cc1OC. The number of methoxy groups -OCH3 is 2. The minimum atomic E-state index is -0.574. The molecular formula is C32H27N3O7S. The molecule has 0 unspecified atom stereocenters. The van der Waals surface area contributed by atoms with Gasteiger partial charge < -0.3 is 24.8 Å². The fraction of sp³-hybridized carbons (Fsp3) is 0.125. The number of carbonyl (C=O) groups is 4. The van der Waals surface area contributed by atoms with Gasteiger partial charge in [0.15, 0.2) is 18.1 Å². The molecule has 1 aliphatic rings. The van der Waals surface area contributed by atoms with E-state index in [1.54, 1.807) is 48.5 Å². The number of nitrogens with zero attached hydrogens (tertiary/aromatic N) is 1. The highest BCUT2D eigenvalue weighted by atomic mass is 32.2. The monoisotopic (exact) mass is 597 g/mol. The van der Waals surface area contributed by atoms with Gasteiger partial charge in [-0.3, -0.25) is 24.1 Å². The van der Waals surface area contributed by atoms with Crippen LogP contribution in [0.5, 0.6) is 17.2 Å². The first-order valence-corrected chi connectivity index (χ1v) is 13.9. The van der Waals surface area contributed by atoms with Crippen LogP contribution >= 0.6 is 11.8 Å². The second kappa shape index (κ2) is 13.1. The Morgan fingerprint density at radius 1 is 0.791 bits per heavy atom. The minimum absolute atomic E-state index is 0.162. The molecule has 4 aromatic carbocycles. The first-order chi connectivity index (χ1) is 20.9. The third-order valence-corrected chi connectivity index (χ3v) is 7.37. The number of carbonyl (C=O) groups excluding carboxylic acids is 4. The lowest BCUT2D eigenvalue weighted by Crippen LogP contribution is -2.36. The molecule has 11 heteroatoms. The number of thioether (sulfide) groups is 1. The van der Waals surface area contributed by atoms with E-state index in [9.17, 15) is 19.2 Å². The molecule has 0 atom stereocenters. The van der Waals surface area contributed by atoms with Gasteiger partial charge >= 0.3 is 0 Å². The van der Waals surface area contributed by atoms with Crippen molar-refractivity contribution in [3.63, 3.8) is 0 Å². The molecule has 10 nitrogen and oxygen atoms in total. The second-order valence-electron chi connectivity index (χ2n) is 9.29. The van der Waals surface area contributed by atoms with E-state index in [0.29, 0.717) is 34.2 Å². The predicted molar refractivity (Wildman–Crippen MR) is 165 cm³/mol. The van der Waals surface area contributed by atoms with Gasteiger partial charge in [-0.05, 0) is 59.1 Å². The Morgan fingerprint density at radius 3 is 2.30 bits per heavy atom. The van der Waals surface area contributed by atoms with Crippen LogP contribution in [0, 0.1) is 0 Å². The molecule has 4 amide bonds. The molecular weight excluding hydrogens is 570 g/mol. The van der Waals surface area contributed by atoms with Crippen LogP contribution in [0.2, 0.25) is 0 Å². The van der Waals surface area contributed by atoms with Gasteiger partial charge in [-0.15, -0.1) is 0 Å². The molecule has 0 aromatic heterocycles. The third-order valence-electron chi connectivity index (χ3n) is 6.46. The van der Waals surface area contributed by atoms with Crippen molar-refractivity contribution in [2.75, 3.05) is 38.0 Å². The molecule has 4 aromatic rings. The van der Waals surface area contributed by atoms with E-state index in [4.69, 9.17) is 14.2 Å². The summed E-state index contributed by atoms with van der Waals surface area (Å²) in [5.41, 5.74) is 1.67. The number of benzene rings is 4. The number of nitrogens with one attached hydrogen (secondary N) is 2. The fourth-order valence-corrected chi connectivity index (χ4v) is 5.26. The molecule has 1 aliphatic heterocycles. The fourth-order valence-electron chi connectivity index (χ4n) is 4.43. The average Bonchev–Trinajstić information content (AvgIpc) is 3.27. The molecule has 43 heavy (non-hydrogen) atoms. The highest BCUT2D eigenvalue weighted by molar-refractivity contribution is 8.18. The molecule has 0 aliphatic carbocycles. The van der Waals surface area contributed by atoms with Crippen molar-refractivity contribution in [1.82, 2.24) is 4.90 Å². The van der Waals surface area contributed by atoms with E-state index >= 15 is 0 Å². The number of amides is 4. The van der Waals surface area contributed by atoms with Crippen LogP contribution in [0.3, 0.4) is 0 Å². The maximum absolute atomic E-state index is 13.0. The van der Waals surface area contributed by atoms with Gasteiger partial charge in [0, 0.05) is 11.1 Å². The summed E-state index contributed by atoms with van der Waals surface area (Å²) in [6.45, 7) is -0.703. The molecule has 1 heterocycles. The van der Waals surface area contributed by atoms with Gasteiger partial charge in [0.2, 0.25) is 5.91 Å². The summed E-state index contributed by atoms with van der Waals surface area (Å²) in [5, 5.41) is 6.80. The van der Waals surface area contributed by atoms with Crippen molar-refractivity contribution in [2.24, 2.45) is 0 Å². The molecule has 5 rings (SSSR count). The van der Waals surface area contributed by atoms with Crippen molar-refractivity contribution in [3.8, 4) is 17.2 Å². The zero-order chi connectivity index (χ0) is 30.3. The lowest BCUT2D eigenvalue weighted by atomic mass is 10.1. The van der Waals surface area contributed by atoms with Gasteiger partial charge in [0.25, 0.3) is 17.1 Å². The van der Waals surface area contributed by atoms with Crippen molar-refractivity contribution in [3.05, 3.63) is 95.4 Å². The number of rotatable bonds is 10. The summed E-state index contributed by atoms with van der Waals surface area (Å²) in [6.07, 6.45) is 1.54. The molecule has 2 N–H and O–H groups in total. The van der Waals surface area contributed by atoms with Crippen molar-refractivity contribution in [2.45, 2.75) is 0 Å². The zero-order valence-corrected chi connectivity index (χ0v) is 24.1. The van der Waals surface area contributed by atoms with Crippen LogP contribution < -0.4 is 24.8 Å². The number of imide groups is 1. The van der Waals surface area contributed by atoms with E-state index in [2.05, 4.69) is 10.6 Å². The topological polar surface area (TPSA) is 123 Å². The Hall–Kier alpha value is -5.29. The Balaban J connectivity index is 1.22. The highest BCUT2D eigenvalue weighted by Gasteiger charge is 2.36. The lowest BCUT2D eigenvalue weighted by Gasteiger charge is -2.14. The Labute approximate surface area is 251 Å². The second-order valence-corrected chi connectivity index (χ2v) is 10.3. The molecule has 218 valence electrons. The van der Waals surface area contributed by atoms with Gasteiger partial charge in [-0.1, -0.05) is 54.6 Å². The Morgan fingerprint density at radius 2 is 1.49 bits per heavy atom. The summed E-state index contributed by atoms with van der Waals surface area (Å²) in [6, 6.07) is 25.0. The number of fused-ring (bicyclic) bond motifs is 1. The minimum Gasteiger partial charge on any atom is -0.495 e. The van der Waals surface area contributed by atoms with E-state index in [1.165, 1.54) is 20.3 Å². The van der Waals surface area contributed by atoms with E-state index in [-0.39, 0.29) is 11.5 Å². The maximum atomic E-state index is 13.0. The molecule has 0 spiro atoms. The number of hydrogen-bond donors (Lipinski definition) is 2. The standard InChI is InChI=1S/C32H27N3O7S/c1-40-25-13-6-5-11-24(25)34-30(37)19-42-26-15-14-20(16-27(26)41-2)17-28-31(38)35(32(39)43-28)18-29(36)33-23-12-7-9-21-8-3-4-10-22(21)23/h3-17H,18-19H2,1-2H3,(H,33,36)(H,34,37)/b28-17-. The summed E-state index contributed by atoms with van der Waals surface area (Å²) < 4.78 is 16.3. The summed E-state index contributed by atoms with van der Waals surface area (Å²) in [7, 11) is 2.96. The smallest absolute Gasteiger partial charge is 0.294 e. The molecule has 1 fully saturated rings. The van der Waals surface area contributed by atoms with E-state index < -0.39 is 29.5 Å². The van der Waals surface area contributed by atoms with Crippen molar-refractivity contribution >= 4 is 62.9 Å². The summed E-state index contributed by atoms with van der Waals surface area (Å²) in [4.78, 5) is 52.0. The zero-order valence-electron chi connectivity index (χ0n) is 23.3. The highest BCUT2D eigenvalue weighted by Crippen LogP contribution is 2.35. The number of anilines is 2.